The van der Waals surface area contributed by atoms with E-state index in [1.165, 1.54) is 11.1 Å². The lowest BCUT2D eigenvalue weighted by Gasteiger charge is -2.32. The molecule has 2 aromatic carbocycles. The van der Waals surface area contributed by atoms with Crippen molar-refractivity contribution in [1.82, 2.24) is 9.80 Å². The van der Waals surface area contributed by atoms with Crippen LogP contribution in [0.3, 0.4) is 0 Å². The van der Waals surface area contributed by atoms with Gasteiger partial charge >= 0.3 is 0 Å². The number of rotatable bonds is 4. The summed E-state index contributed by atoms with van der Waals surface area (Å²) in [6.45, 7) is 4.29. The molecule has 0 spiro atoms. The Balaban J connectivity index is 1.62. The average molecular weight is 392 g/mol. The van der Waals surface area contributed by atoms with E-state index < -0.39 is 0 Å². The third-order valence-electron chi connectivity index (χ3n) is 6.27. The van der Waals surface area contributed by atoms with Gasteiger partial charge in [0.25, 0.3) is 0 Å². The minimum absolute atomic E-state index is 0.0497. The van der Waals surface area contributed by atoms with E-state index in [9.17, 15) is 9.59 Å². The van der Waals surface area contributed by atoms with E-state index in [2.05, 4.69) is 18.2 Å². The summed E-state index contributed by atoms with van der Waals surface area (Å²) < 4.78 is 5.57. The highest BCUT2D eigenvalue weighted by molar-refractivity contribution is 5.84. The number of para-hydroxylation sites is 1. The maximum atomic E-state index is 13.6. The number of carbonyl (C=O) groups excluding carboxylic acids is 2. The Labute approximate surface area is 172 Å². The molecule has 0 aromatic heterocycles. The number of amides is 2. The molecule has 2 heterocycles. The molecule has 1 fully saturated rings. The van der Waals surface area contributed by atoms with Crippen LogP contribution >= 0.6 is 0 Å². The molecule has 0 saturated carbocycles. The van der Waals surface area contributed by atoms with Crippen molar-refractivity contribution in [2.45, 2.75) is 32.2 Å². The topological polar surface area (TPSA) is 49.9 Å². The fourth-order valence-electron chi connectivity index (χ4n) is 4.69. The van der Waals surface area contributed by atoms with Crippen LogP contribution in [0.2, 0.25) is 0 Å². The van der Waals surface area contributed by atoms with Gasteiger partial charge in [-0.15, -0.1) is 0 Å². The third kappa shape index (κ3) is 3.74. The van der Waals surface area contributed by atoms with Gasteiger partial charge in [-0.2, -0.15) is 0 Å². The molecular weight excluding hydrogens is 364 g/mol. The smallest absolute Gasteiger partial charge is 0.228 e. The number of carbonyl (C=O) groups is 2. The number of likely N-dealkylation sites (tertiary alicyclic amines) is 1. The first kappa shape index (κ1) is 19.5. The summed E-state index contributed by atoms with van der Waals surface area (Å²) >= 11 is 0. The Morgan fingerprint density at radius 2 is 1.72 bits per heavy atom. The molecule has 1 saturated heterocycles. The van der Waals surface area contributed by atoms with Gasteiger partial charge < -0.3 is 14.5 Å². The zero-order chi connectivity index (χ0) is 20.4. The van der Waals surface area contributed by atoms with Gasteiger partial charge in [0.2, 0.25) is 11.8 Å². The number of hydrogen-bond acceptors (Lipinski definition) is 3. The largest absolute Gasteiger partial charge is 0.496 e. The highest BCUT2D eigenvalue weighted by atomic mass is 16.5. The summed E-state index contributed by atoms with van der Waals surface area (Å²) in [5, 5.41) is 0. The molecule has 0 bridgehead atoms. The average Bonchev–Trinajstić information content (AvgIpc) is 3.23. The monoisotopic (exact) mass is 392 g/mol. The van der Waals surface area contributed by atoms with Gasteiger partial charge in [-0.25, -0.2) is 0 Å². The van der Waals surface area contributed by atoms with Gasteiger partial charge in [-0.05, 0) is 29.2 Å². The fourth-order valence-corrected chi connectivity index (χ4v) is 4.69. The molecule has 2 atom stereocenters. The summed E-state index contributed by atoms with van der Waals surface area (Å²) in [6.07, 6.45) is 1.34. The predicted molar refractivity (Wildman–Crippen MR) is 112 cm³/mol. The van der Waals surface area contributed by atoms with Crippen LogP contribution in [-0.4, -0.2) is 48.4 Å². The standard InChI is InChI=1S/C24H28N2O3/c1-3-23(27)26-15-20(19-10-6-7-11-22(19)29-2)21(16-26)24(28)25-13-12-17-8-4-5-9-18(17)14-25/h4-11,20-21H,3,12-16H2,1-2H3. The van der Waals surface area contributed by atoms with Crippen molar-refractivity contribution in [3.05, 3.63) is 65.2 Å². The van der Waals surface area contributed by atoms with Crippen LogP contribution in [0, 0.1) is 5.92 Å². The Bertz CT molecular complexity index is 911. The summed E-state index contributed by atoms with van der Waals surface area (Å²) in [5.74, 6) is 0.731. The summed E-state index contributed by atoms with van der Waals surface area (Å²) in [6, 6.07) is 16.2. The lowest BCUT2D eigenvalue weighted by atomic mass is 9.86. The molecule has 2 aromatic rings. The first-order valence-electron chi connectivity index (χ1n) is 10.4. The number of nitrogens with zero attached hydrogens (tertiary/aromatic N) is 2. The van der Waals surface area contributed by atoms with Crippen LogP contribution in [0.15, 0.2) is 48.5 Å². The molecule has 2 aliphatic heterocycles. The molecule has 0 aliphatic carbocycles. The lowest BCUT2D eigenvalue weighted by molar-refractivity contribution is -0.137. The second-order valence-corrected chi connectivity index (χ2v) is 7.89. The second-order valence-electron chi connectivity index (χ2n) is 7.89. The van der Waals surface area contributed by atoms with Gasteiger partial charge in [0.1, 0.15) is 5.75 Å². The van der Waals surface area contributed by atoms with Crippen molar-refractivity contribution in [3.63, 3.8) is 0 Å². The molecule has 5 nitrogen and oxygen atoms in total. The van der Waals surface area contributed by atoms with Gasteiger partial charge in [-0.3, -0.25) is 9.59 Å². The Kier molecular flexibility index (Phi) is 5.56. The molecule has 2 aliphatic rings. The number of benzene rings is 2. The maximum absolute atomic E-state index is 13.6. The molecule has 2 amide bonds. The van der Waals surface area contributed by atoms with Crippen molar-refractivity contribution < 1.29 is 14.3 Å². The van der Waals surface area contributed by atoms with Crippen molar-refractivity contribution in [2.75, 3.05) is 26.7 Å². The highest BCUT2D eigenvalue weighted by Crippen LogP contribution is 2.39. The van der Waals surface area contributed by atoms with E-state index >= 15 is 0 Å². The van der Waals surface area contributed by atoms with Gasteiger partial charge in [-0.1, -0.05) is 49.4 Å². The number of ether oxygens (including phenoxy) is 1. The second kappa shape index (κ2) is 8.27. The minimum atomic E-state index is -0.243. The minimum Gasteiger partial charge on any atom is -0.496 e. The van der Waals surface area contributed by atoms with Crippen LogP contribution in [-0.2, 0) is 22.6 Å². The summed E-state index contributed by atoms with van der Waals surface area (Å²) in [7, 11) is 1.65. The molecule has 152 valence electrons. The van der Waals surface area contributed by atoms with Crippen molar-refractivity contribution in [3.8, 4) is 5.75 Å². The van der Waals surface area contributed by atoms with Gasteiger partial charge in [0.05, 0.1) is 13.0 Å². The Morgan fingerprint density at radius 3 is 2.48 bits per heavy atom. The molecule has 2 unspecified atom stereocenters. The zero-order valence-corrected chi connectivity index (χ0v) is 17.1. The maximum Gasteiger partial charge on any atom is 0.228 e. The van der Waals surface area contributed by atoms with Gasteiger partial charge in [0.15, 0.2) is 0 Å². The summed E-state index contributed by atoms with van der Waals surface area (Å²) in [4.78, 5) is 29.8. The van der Waals surface area contributed by atoms with E-state index in [-0.39, 0.29) is 23.7 Å². The predicted octanol–water partition coefficient (Wildman–Crippen LogP) is 3.23. The van der Waals surface area contributed by atoms with Crippen LogP contribution in [0.5, 0.6) is 5.75 Å². The van der Waals surface area contributed by atoms with Crippen molar-refractivity contribution >= 4 is 11.8 Å². The number of methoxy groups -OCH3 is 1. The quantitative estimate of drug-likeness (QED) is 0.803. The van der Waals surface area contributed by atoms with E-state index in [0.717, 1.165) is 24.3 Å². The Hall–Kier alpha value is -2.82. The SMILES string of the molecule is CCC(=O)N1CC(C(=O)N2CCc3ccccc3C2)C(c2ccccc2OC)C1. The van der Waals surface area contributed by atoms with Crippen molar-refractivity contribution in [2.24, 2.45) is 5.92 Å². The van der Waals surface area contributed by atoms with Gasteiger partial charge in [0, 0.05) is 38.5 Å². The van der Waals surface area contributed by atoms with E-state index in [4.69, 9.17) is 4.74 Å². The van der Waals surface area contributed by atoms with E-state index in [1.807, 2.05) is 47.1 Å². The van der Waals surface area contributed by atoms with Crippen LogP contribution in [0.1, 0.15) is 36.0 Å². The van der Waals surface area contributed by atoms with Crippen LogP contribution in [0.4, 0.5) is 0 Å². The first-order chi connectivity index (χ1) is 14.1. The molecule has 4 rings (SSSR count). The van der Waals surface area contributed by atoms with Crippen LogP contribution in [0.25, 0.3) is 0 Å². The van der Waals surface area contributed by atoms with Crippen LogP contribution < -0.4 is 4.74 Å². The van der Waals surface area contributed by atoms with Crippen molar-refractivity contribution in [1.29, 1.82) is 0 Å². The first-order valence-corrected chi connectivity index (χ1v) is 10.4. The normalized spacial score (nSPS) is 21.0. The molecule has 0 N–H and O–H groups in total. The van der Waals surface area contributed by atoms with E-state index in [1.54, 1.807) is 7.11 Å². The third-order valence-corrected chi connectivity index (χ3v) is 6.27. The highest BCUT2D eigenvalue weighted by Gasteiger charge is 2.43. The molecular formula is C24H28N2O3. The summed E-state index contributed by atoms with van der Waals surface area (Å²) in [5.41, 5.74) is 3.56. The Morgan fingerprint density at radius 1 is 1.00 bits per heavy atom. The molecule has 29 heavy (non-hydrogen) atoms. The lowest BCUT2D eigenvalue weighted by Crippen LogP contribution is -2.42. The fraction of sp³-hybridized carbons (Fsp3) is 0.417. The van der Waals surface area contributed by atoms with E-state index in [0.29, 0.717) is 26.1 Å². The molecule has 5 heteroatoms. The zero-order valence-electron chi connectivity index (χ0n) is 17.1. The molecule has 0 radical (unpaired) electrons. The number of fused-ring (bicyclic) bond motifs is 1. The number of hydrogen-bond donors (Lipinski definition) is 0.